The Labute approximate surface area is 162 Å². The second-order valence-corrected chi connectivity index (χ2v) is 7.38. The third-order valence-corrected chi connectivity index (χ3v) is 5.52. The van der Waals surface area contributed by atoms with E-state index in [4.69, 9.17) is 5.73 Å². The Balaban J connectivity index is 1.48. The maximum atomic E-state index is 13.0. The molecule has 28 heavy (non-hydrogen) atoms. The molecule has 3 N–H and O–H groups in total. The molecule has 3 heterocycles. The van der Waals surface area contributed by atoms with Gasteiger partial charge in [0.05, 0.1) is 24.8 Å². The molecule has 0 fully saturated rings. The molecule has 2 aliphatic rings. The van der Waals surface area contributed by atoms with Gasteiger partial charge in [0.15, 0.2) is 5.78 Å². The van der Waals surface area contributed by atoms with Crippen LogP contribution in [0.25, 0.3) is 10.9 Å². The van der Waals surface area contributed by atoms with Gasteiger partial charge >= 0.3 is 0 Å². The van der Waals surface area contributed by atoms with Crippen LogP contribution in [-0.4, -0.2) is 46.4 Å². The molecule has 0 radical (unpaired) electrons. The standard InChI is InChI=1S/C22H20N4O2/c23-15(9-13-5-2-1-3-6-13)22(28)26-11-17-21-18(12-26)25-16-8-4-7-14(20(16)21)19(27)10-24-17/h1-8,15,25H,9-12,23H2/t15-/m1/s1. The lowest BCUT2D eigenvalue weighted by molar-refractivity contribution is -0.132. The van der Waals surface area contributed by atoms with Crippen molar-refractivity contribution in [3.8, 4) is 0 Å². The predicted molar refractivity (Wildman–Crippen MR) is 108 cm³/mol. The molecule has 0 saturated carbocycles. The summed E-state index contributed by atoms with van der Waals surface area (Å²) < 4.78 is 0. The molecule has 0 spiro atoms. The van der Waals surface area contributed by atoms with Crippen molar-refractivity contribution in [3.05, 3.63) is 70.9 Å². The van der Waals surface area contributed by atoms with Crippen LogP contribution in [0.1, 0.15) is 27.2 Å². The number of amides is 1. The summed E-state index contributed by atoms with van der Waals surface area (Å²) in [5.74, 6) is -0.0976. The SMILES string of the molecule is N[C@H](Cc1ccccc1)C(=O)N1CC2=NCC(=O)c3cccc4[nH]c(c2c34)C1. The number of nitrogens with one attached hydrogen (secondary N) is 1. The topological polar surface area (TPSA) is 91.6 Å². The molecule has 5 rings (SSSR count). The van der Waals surface area contributed by atoms with Crippen molar-refractivity contribution in [1.82, 2.24) is 9.88 Å². The quantitative estimate of drug-likeness (QED) is 0.737. The van der Waals surface area contributed by atoms with E-state index in [1.165, 1.54) is 0 Å². The van der Waals surface area contributed by atoms with Crippen molar-refractivity contribution >= 4 is 28.3 Å². The summed E-state index contributed by atoms with van der Waals surface area (Å²) in [7, 11) is 0. The number of hydrogen-bond acceptors (Lipinski definition) is 4. The van der Waals surface area contributed by atoms with Crippen LogP contribution in [0.15, 0.2) is 53.5 Å². The van der Waals surface area contributed by atoms with Gasteiger partial charge in [0.1, 0.15) is 6.54 Å². The van der Waals surface area contributed by atoms with E-state index in [0.717, 1.165) is 33.4 Å². The van der Waals surface area contributed by atoms with Crippen LogP contribution in [0.4, 0.5) is 0 Å². The highest BCUT2D eigenvalue weighted by Crippen LogP contribution is 2.32. The van der Waals surface area contributed by atoms with E-state index in [2.05, 4.69) is 9.98 Å². The molecule has 1 atom stereocenters. The summed E-state index contributed by atoms with van der Waals surface area (Å²) in [6.07, 6.45) is 0.491. The number of aromatic nitrogens is 1. The Morgan fingerprint density at radius 3 is 2.79 bits per heavy atom. The first-order chi connectivity index (χ1) is 13.6. The van der Waals surface area contributed by atoms with Crippen molar-refractivity contribution in [2.45, 2.75) is 19.0 Å². The summed E-state index contributed by atoms with van der Waals surface area (Å²) in [5, 5.41) is 0.930. The summed E-state index contributed by atoms with van der Waals surface area (Å²) in [6.45, 7) is 0.932. The molecule has 140 valence electrons. The lowest BCUT2D eigenvalue weighted by Crippen LogP contribution is -2.48. The van der Waals surface area contributed by atoms with Crippen LogP contribution in [0.2, 0.25) is 0 Å². The Hall–Kier alpha value is -3.25. The van der Waals surface area contributed by atoms with Gasteiger partial charge in [0, 0.05) is 27.7 Å². The third-order valence-electron chi connectivity index (χ3n) is 5.52. The molecule has 1 aromatic heterocycles. The molecule has 2 aromatic carbocycles. The van der Waals surface area contributed by atoms with Gasteiger partial charge in [-0.15, -0.1) is 0 Å². The van der Waals surface area contributed by atoms with E-state index >= 15 is 0 Å². The van der Waals surface area contributed by atoms with Crippen LogP contribution in [0, 0.1) is 0 Å². The number of carbonyl (C=O) groups excluding carboxylic acids is 2. The van der Waals surface area contributed by atoms with Crippen LogP contribution >= 0.6 is 0 Å². The molecular formula is C22H20N4O2. The van der Waals surface area contributed by atoms with E-state index in [0.29, 0.717) is 25.1 Å². The zero-order valence-corrected chi connectivity index (χ0v) is 15.3. The molecular weight excluding hydrogens is 352 g/mol. The number of H-pyrrole nitrogens is 1. The second kappa shape index (κ2) is 6.42. The van der Waals surface area contributed by atoms with Crippen LogP contribution in [0.5, 0.6) is 0 Å². The number of nitrogens with two attached hydrogens (primary N) is 1. The molecule has 3 aromatic rings. The Kier molecular flexibility index (Phi) is 3.87. The van der Waals surface area contributed by atoms with Gasteiger partial charge in [-0.2, -0.15) is 0 Å². The summed E-state index contributed by atoms with van der Waals surface area (Å²) >= 11 is 0. The minimum Gasteiger partial charge on any atom is -0.356 e. The van der Waals surface area contributed by atoms with E-state index in [1.54, 1.807) is 4.90 Å². The number of nitrogens with zero attached hydrogens (tertiary/aromatic N) is 2. The first kappa shape index (κ1) is 16.9. The van der Waals surface area contributed by atoms with Gasteiger partial charge in [-0.1, -0.05) is 42.5 Å². The zero-order chi connectivity index (χ0) is 19.3. The molecule has 0 aliphatic carbocycles. The molecule has 0 bridgehead atoms. The Morgan fingerprint density at radius 2 is 1.96 bits per heavy atom. The van der Waals surface area contributed by atoms with E-state index in [1.807, 2.05) is 48.5 Å². The highest BCUT2D eigenvalue weighted by atomic mass is 16.2. The largest absolute Gasteiger partial charge is 0.356 e. The number of hydrogen-bond donors (Lipinski definition) is 2. The van der Waals surface area contributed by atoms with Gasteiger partial charge in [0.25, 0.3) is 0 Å². The minimum absolute atomic E-state index is 0.00737. The average Bonchev–Trinajstić information content (AvgIpc) is 3.03. The van der Waals surface area contributed by atoms with Crippen molar-refractivity contribution in [1.29, 1.82) is 0 Å². The second-order valence-electron chi connectivity index (χ2n) is 7.38. The van der Waals surface area contributed by atoms with Crippen molar-refractivity contribution < 1.29 is 9.59 Å². The highest BCUT2D eigenvalue weighted by molar-refractivity contribution is 6.22. The number of rotatable bonds is 3. The van der Waals surface area contributed by atoms with E-state index in [-0.39, 0.29) is 18.2 Å². The van der Waals surface area contributed by atoms with Crippen molar-refractivity contribution in [2.24, 2.45) is 10.7 Å². The van der Waals surface area contributed by atoms with Gasteiger partial charge in [0.2, 0.25) is 5.91 Å². The van der Waals surface area contributed by atoms with E-state index < -0.39 is 6.04 Å². The number of Topliss-reactive ketones (excluding diaryl/α,β-unsaturated/α-hetero) is 1. The lowest BCUT2D eigenvalue weighted by Gasteiger charge is -2.30. The van der Waals surface area contributed by atoms with Crippen LogP contribution in [0.3, 0.4) is 0 Å². The van der Waals surface area contributed by atoms with Gasteiger partial charge in [-0.05, 0) is 18.1 Å². The van der Waals surface area contributed by atoms with E-state index in [9.17, 15) is 9.59 Å². The number of aliphatic imine (C=N–C) groups is 1. The summed E-state index contributed by atoms with van der Waals surface area (Å²) in [5.41, 5.74) is 11.6. The number of benzene rings is 2. The summed E-state index contributed by atoms with van der Waals surface area (Å²) in [4.78, 5) is 35.2. The molecule has 1 amide bonds. The Bertz CT molecular complexity index is 1130. The molecule has 0 unspecified atom stereocenters. The fourth-order valence-electron chi connectivity index (χ4n) is 4.20. The number of aromatic amines is 1. The first-order valence-corrected chi connectivity index (χ1v) is 9.40. The maximum Gasteiger partial charge on any atom is 0.240 e. The maximum absolute atomic E-state index is 13.0. The fourth-order valence-corrected chi connectivity index (χ4v) is 4.20. The number of ketones is 1. The monoisotopic (exact) mass is 372 g/mol. The average molecular weight is 372 g/mol. The highest BCUT2D eigenvalue weighted by Gasteiger charge is 2.33. The van der Waals surface area contributed by atoms with Crippen molar-refractivity contribution in [2.75, 3.05) is 13.1 Å². The van der Waals surface area contributed by atoms with Gasteiger partial charge in [-0.3, -0.25) is 14.6 Å². The summed E-state index contributed by atoms with van der Waals surface area (Å²) in [6, 6.07) is 14.9. The smallest absolute Gasteiger partial charge is 0.240 e. The minimum atomic E-state index is -0.614. The molecule has 2 aliphatic heterocycles. The third kappa shape index (κ3) is 2.65. The first-order valence-electron chi connectivity index (χ1n) is 9.40. The Morgan fingerprint density at radius 1 is 1.14 bits per heavy atom. The normalized spacial score (nSPS) is 16.7. The van der Waals surface area contributed by atoms with Gasteiger partial charge < -0.3 is 15.6 Å². The van der Waals surface area contributed by atoms with Crippen LogP contribution in [-0.2, 0) is 17.8 Å². The molecule has 6 nitrogen and oxygen atoms in total. The lowest BCUT2D eigenvalue weighted by atomic mass is 9.97. The zero-order valence-electron chi connectivity index (χ0n) is 15.3. The van der Waals surface area contributed by atoms with Crippen LogP contribution < -0.4 is 5.73 Å². The van der Waals surface area contributed by atoms with Gasteiger partial charge in [-0.25, -0.2) is 0 Å². The predicted octanol–water partition coefficient (Wildman–Crippen LogP) is 2.07. The molecule has 0 saturated heterocycles. The number of carbonyl (C=O) groups is 2. The molecule has 6 heteroatoms. The van der Waals surface area contributed by atoms with Crippen molar-refractivity contribution in [3.63, 3.8) is 0 Å². The fraction of sp³-hybridized carbons (Fsp3) is 0.227.